The number of nitrogens with zero attached hydrogens (tertiary/aromatic N) is 3. The molecular weight excluding hydrogens is 1030 g/mol. The molecule has 12 rings (SSSR count). The van der Waals surface area contributed by atoms with Gasteiger partial charge in [-0.25, -0.2) is 9.59 Å². The van der Waals surface area contributed by atoms with Crippen molar-refractivity contribution in [3.63, 3.8) is 0 Å². The van der Waals surface area contributed by atoms with Crippen LogP contribution in [0.25, 0.3) is 50.3 Å². The van der Waals surface area contributed by atoms with E-state index in [4.69, 9.17) is 4.74 Å². The number of ether oxygens (including phenoxy) is 1. The number of carboxylic acid groups (broad SMARTS) is 2. The first-order valence-electron chi connectivity index (χ1n) is 28.3. The molecule has 9 aromatic rings. The molecule has 2 heterocycles. The monoisotopic (exact) mass is 1100 g/mol. The Balaban J connectivity index is 0.000000138. The van der Waals surface area contributed by atoms with E-state index in [2.05, 4.69) is 141 Å². The number of carbonyl (C=O) groups is 3. The Hall–Kier alpha value is -8.90. The normalized spacial score (nSPS) is 18.9. The van der Waals surface area contributed by atoms with Crippen LogP contribution in [0.2, 0.25) is 0 Å². The summed E-state index contributed by atoms with van der Waals surface area (Å²) in [6.45, 7) is 8.58. The fourth-order valence-corrected chi connectivity index (χ4v) is 13.6. The van der Waals surface area contributed by atoms with Gasteiger partial charge in [0.15, 0.2) is 0 Å². The van der Waals surface area contributed by atoms with Gasteiger partial charge < -0.3 is 39.7 Å². The number of anilines is 1. The Labute approximate surface area is 478 Å². The van der Waals surface area contributed by atoms with Gasteiger partial charge in [0.2, 0.25) is 11.2 Å². The number of hydrogen-bond donors (Lipinski definition) is 4. The number of carbonyl (C=O) groups excluding carboxylic acids is 1. The van der Waals surface area contributed by atoms with Crippen LogP contribution in [0, 0.1) is 31.1 Å². The van der Waals surface area contributed by atoms with Crippen LogP contribution in [0.5, 0.6) is 17.2 Å². The van der Waals surface area contributed by atoms with Crippen molar-refractivity contribution in [1.29, 1.82) is 0 Å². The lowest BCUT2D eigenvalue weighted by molar-refractivity contribution is -0.646. The second kappa shape index (κ2) is 23.3. The highest BCUT2D eigenvalue weighted by Gasteiger charge is 2.56. The van der Waals surface area contributed by atoms with E-state index < -0.39 is 23.4 Å². The maximum atomic E-state index is 12.9. The molecule has 2 fully saturated rings. The van der Waals surface area contributed by atoms with Gasteiger partial charge in [0.1, 0.15) is 30.2 Å². The number of aromatic nitrogens is 2. The van der Waals surface area contributed by atoms with Crippen LogP contribution in [0.15, 0.2) is 146 Å². The molecule has 82 heavy (non-hydrogen) atoms. The SMILES string of the molecule is CCC(=O)OC1CCC2C3CCc4cc(O)ccc4C3CCC12C.Cc1cc(C=Cc2ccc3cc(N(C)C)ccc3[n+]2C)c(C)n1-c1ccccc1.O=C(O)c1cc2ccccc2c(Cc2c(O)c(C(=O)O)cc3ccccc23)c1[O-]. The standard InChI is InChI=1S/C26H28N3.C23H16O6.C21H28O3/c1-19-17-21(20(2)29(19)24-9-7-6-8-10-24)11-13-23-14-12-22-18-25(27(3)4)15-16-26(22)28(23)5;24-20-16(14-7-3-1-5-12(14)9-18(20)22(26)27)11-17-15-8-4-2-6-13(15)10-19(21(17)25)23(28)29;1-3-20(23)24-19-9-8-18-17-6-4-13-12-14(22)5-7-15(13)16(17)10-11-21(18,19)2/h6-18H,1-5H3;1-10,24-25H,11H2,(H,26,27)(H,28,29);5,7,12,16-19,22H,3-4,6,8-11H2,1-2H3/q+1;;/p-1. The van der Waals surface area contributed by atoms with Gasteiger partial charge in [-0.15, -0.1) is 0 Å². The third-order valence-electron chi connectivity index (χ3n) is 17.9. The molecule has 420 valence electrons. The van der Waals surface area contributed by atoms with Gasteiger partial charge in [0, 0.05) is 84.3 Å². The highest BCUT2D eigenvalue weighted by atomic mass is 16.5. The molecule has 4 N–H and O–H groups in total. The van der Waals surface area contributed by atoms with Crippen molar-refractivity contribution in [2.75, 3.05) is 19.0 Å². The number of carboxylic acids is 2. The van der Waals surface area contributed by atoms with Crippen LogP contribution in [-0.2, 0) is 29.4 Å². The van der Waals surface area contributed by atoms with E-state index in [1.165, 1.54) is 87.4 Å². The van der Waals surface area contributed by atoms with E-state index in [9.17, 15) is 39.9 Å². The quantitative estimate of drug-likeness (QED) is 0.0761. The molecule has 0 saturated heterocycles. The molecule has 0 radical (unpaired) electrons. The molecule has 0 spiro atoms. The molecule has 12 heteroatoms. The number of para-hydroxylation sites is 1. The van der Waals surface area contributed by atoms with E-state index in [0.29, 0.717) is 51.5 Å². The number of phenolic OH excluding ortho intramolecular Hbond substituents is 1. The minimum atomic E-state index is -1.34. The van der Waals surface area contributed by atoms with E-state index in [-0.39, 0.29) is 46.2 Å². The lowest BCUT2D eigenvalue weighted by Crippen LogP contribution is -2.45. The van der Waals surface area contributed by atoms with E-state index in [1.807, 2.05) is 19.1 Å². The first-order chi connectivity index (χ1) is 39.4. The van der Waals surface area contributed by atoms with Crippen molar-refractivity contribution in [2.45, 2.75) is 91.1 Å². The molecule has 0 bridgehead atoms. The molecule has 0 amide bonds. The highest BCUT2D eigenvalue weighted by Crippen LogP contribution is 2.61. The summed E-state index contributed by atoms with van der Waals surface area (Å²) in [6, 6.07) is 46.2. The van der Waals surface area contributed by atoms with Crippen molar-refractivity contribution in [2.24, 2.45) is 24.3 Å². The van der Waals surface area contributed by atoms with Gasteiger partial charge in [0.25, 0.3) is 0 Å². The lowest BCUT2D eigenvalue weighted by Gasteiger charge is -2.50. The Bertz CT molecular complexity index is 3850. The van der Waals surface area contributed by atoms with Crippen LogP contribution >= 0.6 is 0 Å². The number of esters is 1. The first kappa shape index (κ1) is 56.4. The average Bonchev–Trinajstić information content (AvgIpc) is 2.14. The van der Waals surface area contributed by atoms with Crippen LogP contribution in [-0.4, -0.2) is 63.1 Å². The summed E-state index contributed by atoms with van der Waals surface area (Å²) >= 11 is 0. The predicted octanol–water partition coefficient (Wildman–Crippen LogP) is 13.6. The van der Waals surface area contributed by atoms with E-state index in [0.717, 1.165) is 19.3 Å². The molecule has 2 saturated carbocycles. The topological polar surface area (TPSA) is 176 Å². The minimum Gasteiger partial charge on any atom is -0.872 e. The number of aryl methyl sites for hydroxylation is 3. The molecule has 5 atom stereocenters. The van der Waals surface area contributed by atoms with Gasteiger partial charge >= 0.3 is 17.9 Å². The highest BCUT2D eigenvalue weighted by molar-refractivity contribution is 6.02. The molecule has 5 unspecified atom stereocenters. The summed E-state index contributed by atoms with van der Waals surface area (Å²) in [4.78, 5) is 37.1. The van der Waals surface area contributed by atoms with Gasteiger partial charge in [-0.3, -0.25) is 4.79 Å². The summed E-state index contributed by atoms with van der Waals surface area (Å²) in [6.07, 6.45) is 11.7. The molecule has 3 aliphatic rings. The maximum absolute atomic E-state index is 12.9. The summed E-state index contributed by atoms with van der Waals surface area (Å²) in [5, 5.41) is 55.8. The average molecular weight is 1100 g/mol. The zero-order valence-electron chi connectivity index (χ0n) is 47.6. The number of hydrogen-bond acceptors (Lipinski definition) is 8. The van der Waals surface area contributed by atoms with Crippen molar-refractivity contribution < 1.29 is 49.2 Å². The van der Waals surface area contributed by atoms with Crippen molar-refractivity contribution in [1.82, 2.24) is 4.57 Å². The Morgan fingerprint density at radius 1 is 0.744 bits per heavy atom. The Morgan fingerprint density at radius 3 is 2.10 bits per heavy atom. The molecule has 7 aromatic carbocycles. The third-order valence-corrected chi connectivity index (χ3v) is 17.9. The Kier molecular flexibility index (Phi) is 16.0. The minimum absolute atomic E-state index is 0.0477. The van der Waals surface area contributed by atoms with Crippen LogP contribution in [0.4, 0.5) is 5.69 Å². The second-order valence-corrected chi connectivity index (χ2v) is 22.8. The van der Waals surface area contributed by atoms with E-state index in [1.54, 1.807) is 48.5 Å². The Morgan fingerprint density at radius 2 is 1.41 bits per heavy atom. The van der Waals surface area contributed by atoms with E-state index >= 15 is 0 Å². The third kappa shape index (κ3) is 10.9. The number of rotatable bonds is 10. The number of aromatic hydroxyl groups is 2. The first-order valence-corrected chi connectivity index (χ1v) is 28.3. The summed E-state index contributed by atoms with van der Waals surface area (Å²) in [5.74, 6) is -1.39. The molecular formula is C70H71N3O9. The molecule has 0 aliphatic heterocycles. The zero-order valence-corrected chi connectivity index (χ0v) is 47.6. The number of phenols is 2. The number of fused-ring (bicyclic) bond motifs is 8. The maximum Gasteiger partial charge on any atom is 0.339 e. The van der Waals surface area contributed by atoms with Gasteiger partial charge in [-0.2, -0.15) is 4.57 Å². The van der Waals surface area contributed by atoms with Crippen LogP contribution in [0.1, 0.15) is 124 Å². The largest absolute Gasteiger partial charge is 0.872 e. The molecule has 2 aromatic heterocycles. The predicted molar refractivity (Wildman–Crippen MR) is 322 cm³/mol. The number of pyridine rings is 1. The summed E-state index contributed by atoms with van der Waals surface area (Å²) in [5.41, 5.74) is 11.4. The van der Waals surface area contributed by atoms with Crippen molar-refractivity contribution in [3.05, 3.63) is 202 Å². The number of benzene rings is 7. The van der Waals surface area contributed by atoms with Crippen molar-refractivity contribution >= 4 is 68.2 Å². The zero-order chi connectivity index (χ0) is 58.1. The summed E-state index contributed by atoms with van der Waals surface area (Å²) < 4.78 is 10.4. The number of aromatic carboxylic acids is 2. The second-order valence-electron chi connectivity index (χ2n) is 22.8. The fraction of sp³-hybridized carbons (Fsp3) is 0.286. The fourth-order valence-electron chi connectivity index (χ4n) is 13.6. The molecule has 3 aliphatic carbocycles. The summed E-state index contributed by atoms with van der Waals surface area (Å²) in [7, 11) is 6.28. The molecule has 12 nitrogen and oxygen atoms in total. The van der Waals surface area contributed by atoms with Crippen LogP contribution in [0.3, 0.4) is 0 Å². The smallest absolute Gasteiger partial charge is 0.339 e. The van der Waals surface area contributed by atoms with Crippen molar-refractivity contribution in [3.8, 4) is 22.9 Å². The lowest BCUT2D eigenvalue weighted by atomic mass is 9.55. The van der Waals surface area contributed by atoms with Gasteiger partial charge in [-0.1, -0.05) is 92.4 Å². The van der Waals surface area contributed by atoms with Crippen LogP contribution < -0.4 is 14.6 Å². The van der Waals surface area contributed by atoms with Gasteiger partial charge in [-0.05, 0) is 181 Å². The van der Waals surface area contributed by atoms with Gasteiger partial charge in [0.05, 0.1) is 5.56 Å².